The highest BCUT2D eigenvalue weighted by atomic mass is 31.2. The summed E-state index contributed by atoms with van der Waals surface area (Å²) in [5.41, 5.74) is 0. The topological polar surface area (TPSA) is 155 Å². The van der Waals surface area contributed by atoms with Crippen molar-refractivity contribution in [2.24, 2.45) is 0 Å². The van der Waals surface area contributed by atoms with Gasteiger partial charge >= 0.3 is 25.7 Å². The van der Waals surface area contributed by atoms with Crippen LogP contribution < -0.4 is 0 Å². The van der Waals surface area contributed by atoms with Gasteiger partial charge in [-0.2, -0.15) is 0 Å². The number of carbonyl (C=O) groups is 3. The summed E-state index contributed by atoms with van der Waals surface area (Å²) >= 11 is 0. The molecule has 440 valence electrons. The van der Waals surface area contributed by atoms with Gasteiger partial charge in [-0.05, 0) is 109 Å². The van der Waals surface area contributed by atoms with Gasteiger partial charge in [-0.25, -0.2) is 4.57 Å². The Bertz CT molecular complexity index is 1550. The first kappa shape index (κ1) is 72.9. The van der Waals surface area contributed by atoms with Crippen molar-refractivity contribution in [3.63, 3.8) is 0 Å². The van der Waals surface area contributed by atoms with Gasteiger partial charge in [0.25, 0.3) is 0 Å². The zero-order valence-corrected chi connectivity index (χ0v) is 49.6. The molecule has 12 heteroatoms. The largest absolute Gasteiger partial charge is 0.472 e. The van der Waals surface area contributed by atoms with Gasteiger partial charge in [0.15, 0.2) is 6.10 Å². The number of aliphatic hydroxyl groups is 1. The average Bonchev–Trinajstić information content (AvgIpc) is 3.41. The Morgan fingerprint density at radius 3 is 1.09 bits per heavy atom. The second-order valence-electron chi connectivity index (χ2n) is 20.5. The second-order valence-corrected chi connectivity index (χ2v) is 21.9. The molecule has 0 bridgehead atoms. The molecule has 0 amide bonds. The number of aliphatic hydroxyl groups excluding tert-OH is 1. The minimum absolute atomic E-state index is 0.153. The minimum Gasteiger partial charge on any atom is -0.462 e. The number of unbranched alkanes of at least 4 members (excludes halogenated alkanes) is 28. The Morgan fingerprint density at radius 2 is 0.684 bits per heavy atom. The SMILES string of the molecule is CC/C=C\C/C=C\C/C=C\CCCCCCCC(=O)OCC(COP(=O)(O)OCC(CO)OC(=O)CCCCCCCCC/C=C\CCCCCCCC)OC(=O)CCCCCCCCC/C=C\C/C=C\CCCCC. The van der Waals surface area contributed by atoms with E-state index >= 15 is 0 Å². The van der Waals surface area contributed by atoms with Crippen LogP contribution in [0.4, 0.5) is 0 Å². The van der Waals surface area contributed by atoms with E-state index in [1.165, 1.54) is 103 Å². The molecule has 3 unspecified atom stereocenters. The maximum Gasteiger partial charge on any atom is 0.472 e. The molecule has 11 nitrogen and oxygen atoms in total. The van der Waals surface area contributed by atoms with E-state index in [0.29, 0.717) is 19.3 Å². The Labute approximate surface area is 465 Å². The van der Waals surface area contributed by atoms with Gasteiger partial charge in [-0.15, -0.1) is 0 Å². The number of hydrogen-bond acceptors (Lipinski definition) is 10. The Hall–Kier alpha value is -3.08. The van der Waals surface area contributed by atoms with Gasteiger partial charge in [0, 0.05) is 19.3 Å². The number of ether oxygens (including phenoxy) is 3. The van der Waals surface area contributed by atoms with Gasteiger partial charge in [0.05, 0.1) is 19.8 Å². The molecule has 0 saturated carbocycles. The number of carbonyl (C=O) groups excluding carboxylic acids is 3. The Balaban J connectivity index is 4.72. The van der Waals surface area contributed by atoms with E-state index in [0.717, 1.165) is 116 Å². The zero-order valence-electron chi connectivity index (χ0n) is 48.7. The Kier molecular flexibility index (Phi) is 55.7. The van der Waals surface area contributed by atoms with Gasteiger partial charge < -0.3 is 24.2 Å². The minimum atomic E-state index is -4.76. The third kappa shape index (κ3) is 55.7. The molecule has 0 aromatic rings. The van der Waals surface area contributed by atoms with Gasteiger partial charge in [0.2, 0.25) is 0 Å². The summed E-state index contributed by atoms with van der Waals surface area (Å²) in [6, 6.07) is 0. The number of phosphoric acid groups is 1. The van der Waals surface area contributed by atoms with E-state index in [1.807, 2.05) is 0 Å². The molecule has 0 aromatic heterocycles. The van der Waals surface area contributed by atoms with E-state index in [9.17, 15) is 28.9 Å². The van der Waals surface area contributed by atoms with Crippen molar-refractivity contribution in [3.8, 4) is 0 Å². The van der Waals surface area contributed by atoms with Crippen molar-refractivity contribution in [3.05, 3.63) is 72.9 Å². The van der Waals surface area contributed by atoms with Crippen molar-refractivity contribution in [2.75, 3.05) is 26.4 Å². The molecule has 0 aliphatic rings. The van der Waals surface area contributed by atoms with Crippen molar-refractivity contribution < 1.29 is 52.2 Å². The van der Waals surface area contributed by atoms with Crippen LogP contribution in [0.2, 0.25) is 0 Å². The van der Waals surface area contributed by atoms with Crippen LogP contribution in [0.15, 0.2) is 72.9 Å². The van der Waals surface area contributed by atoms with Crippen LogP contribution in [-0.2, 0) is 42.2 Å². The molecule has 0 spiro atoms. The Morgan fingerprint density at radius 1 is 0.382 bits per heavy atom. The third-order valence-electron chi connectivity index (χ3n) is 13.1. The fourth-order valence-electron chi connectivity index (χ4n) is 8.40. The third-order valence-corrected chi connectivity index (χ3v) is 14.0. The predicted molar refractivity (Wildman–Crippen MR) is 316 cm³/mol. The fourth-order valence-corrected chi connectivity index (χ4v) is 9.18. The molecule has 0 aromatic carbocycles. The van der Waals surface area contributed by atoms with E-state index in [4.69, 9.17) is 23.3 Å². The number of esters is 3. The number of hydrogen-bond donors (Lipinski definition) is 2. The molecule has 0 saturated heterocycles. The first-order chi connectivity index (χ1) is 37.2. The van der Waals surface area contributed by atoms with E-state index in [2.05, 4.69) is 93.7 Å². The lowest BCUT2D eigenvalue weighted by Gasteiger charge is -2.21. The lowest BCUT2D eigenvalue weighted by atomic mass is 10.1. The summed E-state index contributed by atoms with van der Waals surface area (Å²) in [6.45, 7) is 4.50. The summed E-state index contributed by atoms with van der Waals surface area (Å²) in [6.07, 6.45) is 65.6. The van der Waals surface area contributed by atoms with Crippen LogP contribution in [-0.4, -0.2) is 66.5 Å². The molecule has 0 aliphatic carbocycles. The van der Waals surface area contributed by atoms with E-state index in [1.54, 1.807) is 0 Å². The average molecular weight is 1090 g/mol. The zero-order chi connectivity index (χ0) is 55.5. The normalized spacial score (nSPS) is 13.8. The lowest BCUT2D eigenvalue weighted by molar-refractivity contribution is -0.161. The molecule has 76 heavy (non-hydrogen) atoms. The van der Waals surface area contributed by atoms with Crippen LogP contribution >= 0.6 is 7.82 Å². The van der Waals surface area contributed by atoms with E-state index < -0.39 is 57.8 Å². The smallest absolute Gasteiger partial charge is 0.462 e. The summed E-state index contributed by atoms with van der Waals surface area (Å²) in [7, 11) is -4.76. The highest BCUT2D eigenvalue weighted by Gasteiger charge is 2.28. The summed E-state index contributed by atoms with van der Waals surface area (Å²) in [4.78, 5) is 48.7. The highest BCUT2D eigenvalue weighted by Crippen LogP contribution is 2.43. The van der Waals surface area contributed by atoms with Crippen LogP contribution in [0.5, 0.6) is 0 Å². The molecule has 2 N–H and O–H groups in total. The predicted octanol–water partition coefficient (Wildman–Crippen LogP) is 18.5. The van der Waals surface area contributed by atoms with Gasteiger partial charge in [-0.1, -0.05) is 222 Å². The van der Waals surface area contributed by atoms with Crippen LogP contribution in [0, 0.1) is 0 Å². The quantitative estimate of drug-likeness (QED) is 0.0197. The molecule has 0 radical (unpaired) electrons. The molecule has 0 fully saturated rings. The van der Waals surface area contributed by atoms with Crippen LogP contribution in [0.25, 0.3) is 0 Å². The first-order valence-electron chi connectivity index (χ1n) is 30.8. The fraction of sp³-hybridized carbons (Fsp3) is 0.766. The van der Waals surface area contributed by atoms with Crippen molar-refractivity contribution in [2.45, 2.75) is 290 Å². The lowest BCUT2D eigenvalue weighted by Crippen LogP contribution is -2.30. The van der Waals surface area contributed by atoms with Crippen molar-refractivity contribution in [1.82, 2.24) is 0 Å². The van der Waals surface area contributed by atoms with Crippen molar-refractivity contribution in [1.29, 1.82) is 0 Å². The second kappa shape index (κ2) is 58.1. The summed E-state index contributed by atoms with van der Waals surface area (Å²) in [5.74, 6) is -1.49. The molecule has 0 rings (SSSR count). The molecule has 0 heterocycles. The standard InChI is InChI=1S/C64H113O11P/c1-4-7-10-13-16-19-22-25-28-30-33-36-39-42-45-48-51-54-63(67)74-60(56-65)58-72-76(69,70)73-59-61(57-71-62(66)53-50-47-44-41-38-35-32-27-24-21-18-15-12-9-6-3)75-64(68)55-52-49-46-43-40-37-34-31-29-26-23-20-17-14-11-8-5-2/h9,12,17-18,20-21,25-29,32,60-61,65H,4-8,10-11,13-16,19,22-24,30-31,33-59H2,1-3H3,(H,69,70)/b12-9-,20-17-,21-18-,28-25-,29-26-,32-27-. The van der Waals surface area contributed by atoms with Gasteiger partial charge in [-0.3, -0.25) is 23.4 Å². The maximum atomic E-state index is 12.9. The number of phosphoric ester groups is 1. The van der Waals surface area contributed by atoms with Gasteiger partial charge in [0.1, 0.15) is 12.7 Å². The van der Waals surface area contributed by atoms with E-state index in [-0.39, 0.29) is 25.9 Å². The monoisotopic (exact) mass is 1090 g/mol. The molecular weight excluding hydrogens is 976 g/mol. The number of rotatable bonds is 57. The maximum absolute atomic E-state index is 12.9. The number of allylic oxidation sites excluding steroid dienone is 12. The first-order valence-corrected chi connectivity index (χ1v) is 32.3. The summed E-state index contributed by atoms with van der Waals surface area (Å²) in [5, 5.41) is 9.84. The molecule has 0 aliphatic heterocycles. The van der Waals surface area contributed by atoms with Crippen LogP contribution in [0.1, 0.15) is 278 Å². The highest BCUT2D eigenvalue weighted by molar-refractivity contribution is 7.47. The van der Waals surface area contributed by atoms with Crippen molar-refractivity contribution >= 4 is 25.7 Å². The molecule has 3 atom stereocenters. The summed E-state index contributed by atoms with van der Waals surface area (Å²) < 4.78 is 39.6. The molecular formula is C64H113O11P. The van der Waals surface area contributed by atoms with Crippen LogP contribution in [0.3, 0.4) is 0 Å².